The zero-order chi connectivity index (χ0) is 31.8. The first-order chi connectivity index (χ1) is 20.8. The molecule has 0 aliphatic carbocycles. The highest BCUT2D eigenvalue weighted by Crippen LogP contribution is 2.38. The number of anilines is 2. The van der Waals surface area contributed by atoms with Gasteiger partial charge in [0.1, 0.15) is 10.5 Å². The van der Waals surface area contributed by atoms with Crippen LogP contribution in [0, 0.1) is 6.92 Å². The average Bonchev–Trinajstić information content (AvgIpc) is 3.41. The number of hydrogen-bond acceptors (Lipinski definition) is 7. The Labute approximate surface area is 264 Å². The summed E-state index contributed by atoms with van der Waals surface area (Å²) in [7, 11) is 1.75. The third-order valence-electron chi connectivity index (χ3n) is 8.49. The molecule has 3 aliphatic rings. The van der Waals surface area contributed by atoms with Gasteiger partial charge in [0, 0.05) is 50.0 Å². The van der Waals surface area contributed by atoms with Crippen LogP contribution in [0.15, 0.2) is 42.6 Å². The SMILES string of the molecule is Cc1ccc(NC(=O)Nc2sc(C(C)(C)C)cc2C(=O)N2CCN(C)C(=O)C2(C)C)cc1C1=CNC(N2CCOCC2)C=C1. The second-order valence-electron chi connectivity index (χ2n) is 13.2. The zero-order valence-electron chi connectivity index (χ0n) is 26.7. The van der Waals surface area contributed by atoms with Gasteiger partial charge in [0.05, 0.1) is 24.9 Å². The zero-order valence-corrected chi connectivity index (χ0v) is 27.6. The minimum absolute atomic E-state index is 0.111. The lowest BCUT2D eigenvalue weighted by Gasteiger charge is -2.44. The molecule has 5 rings (SSSR count). The Morgan fingerprint density at radius 1 is 1.07 bits per heavy atom. The molecule has 2 fully saturated rings. The number of urea groups is 1. The van der Waals surface area contributed by atoms with Gasteiger partial charge in [0.15, 0.2) is 0 Å². The summed E-state index contributed by atoms with van der Waals surface area (Å²) < 4.78 is 5.48. The van der Waals surface area contributed by atoms with Crippen molar-refractivity contribution in [1.29, 1.82) is 0 Å². The minimum Gasteiger partial charge on any atom is -0.379 e. The molecule has 0 spiro atoms. The number of allylic oxidation sites excluding steroid dienone is 2. The molecule has 2 saturated heterocycles. The summed E-state index contributed by atoms with van der Waals surface area (Å²) in [4.78, 5) is 46.7. The summed E-state index contributed by atoms with van der Waals surface area (Å²) >= 11 is 1.39. The van der Waals surface area contributed by atoms with E-state index >= 15 is 0 Å². The second kappa shape index (κ2) is 12.4. The number of piperazine rings is 1. The standard InChI is InChI=1S/C33H44N6O4S/c1-21-8-10-23(18-24(21)22-9-11-27(34-20-22)38-14-16-43-17-15-38)35-31(42)36-28-25(19-26(44-28)32(2,3)4)29(40)39-13-12-37(7)30(41)33(39,5)6/h8-11,18-20,27,34H,12-17H2,1-7H3,(H2,35,36,42). The number of morpholine rings is 1. The number of amides is 4. The van der Waals surface area contributed by atoms with Crippen molar-refractivity contribution in [3.63, 3.8) is 0 Å². The van der Waals surface area contributed by atoms with Gasteiger partial charge in [-0.3, -0.25) is 19.8 Å². The minimum atomic E-state index is -0.995. The van der Waals surface area contributed by atoms with E-state index in [1.807, 2.05) is 37.4 Å². The number of nitrogens with one attached hydrogen (secondary N) is 3. The summed E-state index contributed by atoms with van der Waals surface area (Å²) in [6, 6.07) is 7.22. The lowest BCUT2D eigenvalue weighted by atomic mass is 9.93. The number of thiophene rings is 1. The van der Waals surface area contributed by atoms with E-state index in [2.05, 4.69) is 53.8 Å². The van der Waals surface area contributed by atoms with E-state index in [9.17, 15) is 14.4 Å². The van der Waals surface area contributed by atoms with Crippen molar-refractivity contribution in [2.45, 2.75) is 58.7 Å². The third-order valence-corrected chi connectivity index (χ3v) is 9.97. The molecule has 1 atom stereocenters. The van der Waals surface area contributed by atoms with Crippen molar-refractivity contribution in [1.82, 2.24) is 20.0 Å². The normalized spacial score (nSPS) is 20.7. The molecule has 44 heavy (non-hydrogen) atoms. The molecule has 0 saturated carbocycles. The van der Waals surface area contributed by atoms with Gasteiger partial charge < -0.3 is 25.2 Å². The fourth-order valence-electron chi connectivity index (χ4n) is 5.73. The molecule has 236 valence electrons. The van der Waals surface area contributed by atoms with Gasteiger partial charge in [-0.15, -0.1) is 11.3 Å². The molecule has 4 heterocycles. The monoisotopic (exact) mass is 620 g/mol. The first kappa shape index (κ1) is 31.7. The number of benzene rings is 1. The van der Waals surface area contributed by atoms with Gasteiger partial charge in [-0.25, -0.2) is 4.79 Å². The van der Waals surface area contributed by atoms with Crippen LogP contribution in [0.5, 0.6) is 0 Å². The highest BCUT2D eigenvalue weighted by Gasteiger charge is 2.44. The van der Waals surface area contributed by atoms with Crippen LogP contribution in [0.1, 0.15) is 61.0 Å². The van der Waals surface area contributed by atoms with Crippen molar-refractivity contribution in [3.05, 3.63) is 64.2 Å². The van der Waals surface area contributed by atoms with Crippen LogP contribution in [0.4, 0.5) is 15.5 Å². The van der Waals surface area contributed by atoms with E-state index in [1.54, 1.807) is 30.7 Å². The van der Waals surface area contributed by atoms with Crippen LogP contribution < -0.4 is 16.0 Å². The van der Waals surface area contributed by atoms with Crippen molar-refractivity contribution in [3.8, 4) is 0 Å². The average molecular weight is 621 g/mol. The molecule has 10 nitrogen and oxygen atoms in total. The van der Waals surface area contributed by atoms with Crippen molar-refractivity contribution in [2.24, 2.45) is 0 Å². The summed E-state index contributed by atoms with van der Waals surface area (Å²) in [5.74, 6) is -0.379. The van der Waals surface area contributed by atoms with Gasteiger partial charge in [-0.05, 0) is 67.2 Å². The van der Waals surface area contributed by atoms with E-state index < -0.39 is 11.6 Å². The lowest BCUT2D eigenvalue weighted by Crippen LogP contribution is -2.63. The molecule has 3 aliphatic heterocycles. The first-order valence-electron chi connectivity index (χ1n) is 15.1. The molecule has 1 aromatic carbocycles. The van der Waals surface area contributed by atoms with E-state index in [0.717, 1.165) is 47.9 Å². The maximum absolute atomic E-state index is 13.9. The number of ether oxygens (including phenoxy) is 1. The van der Waals surface area contributed by atoms with Crippen LogP contribution >= 0.6 is 11.3 Å². The molecule has 4 amide bonds. The number of dihydropyridines is 1. The van der Waals surface area contributed by atoms with Gasteiger partial charge in [0.25, 0.3) is 5.91 Å². The largest absolute Gasteiger partial charge is 0.379 e. The Bertz CT molecular complexity index is 1500. The van der Waals surface area contributed by atoms with E-state index in [0.29, 0.717) is 29.3 Å². The highest BCUT2D eigenvalue weighted by molar-refractivity contribution is 7.16. The van der Waals surface area contributed by atoms with Gasteiger partial charge in [0.2, 0.25) is 5.91 Å². The Kier molecular flexibility index (Phi) is 8.93. The van der Waals surface area contributed by atoms with Gasteiger partial charge in [-0.1, -0.05) is 32.9 Å². The quantitative estimate of drug-likeness (QED) is 0.442. The fourth-order valence-corrected chi connectivity index (χ4v) is 6.83. The van der Waals surface area contributed by atoms with Crippen LogP contribution in [-0.2, 0) is 14.9 Å². The molecule has 0 radical (unpaired) electrons. The van der Waals surface area contributed by atoms with Gasteiger partial charge in [-0.2, -0.15) is 0 Å². The highest BCUT2D eigenvalue weighted by atomic mass is 32.1. The molecule has 11 heteroatoms. The fraction of sp³-hybridized carbons (Fsp3) is 0.485. The van der Waals surface area contributed by atoms with Crippen LogP contribution in [0.3, 0.4) is 0 Å². The number of hydrogen-bond donors (Lipinski definition) is 3. The number of carbonyl (C=O) groups excluding carboxylic acids is 3. The molecule has 1 aromatic heterocycles. The van der Waals surface area contributed by atoms with E-state index in [4.69, 9.17) is 4.74 Å². The summed E-state index contributed by atoms with van der Waals surface area (Å²) in [5.41, 5.74) is 2.93. The number of rotatable bonds is 5. The molecule has 1 unspecified atom stereocenters. The van der Waals surface area contributed by atoms with Crippen LogP contribution in [0.25, 0.3) is 5.57 Å². The lowest BCUT2D eigenvalue weighted by molar-refractivity contribution is -0.144. The Morgan fingerprint density at radius 3 is 2.45 bits per heavy atom. The maximum atomic E-state index is 13.9. The predicted molar refractivity (Wildman–Crippen MR) is 176 cm³/mol. The molecular weight excluding hydrogens is 576 g/mol. The van der Waals surface area contributed by atoms with E-state index in [1.165, 1.54) is 11.3 Å². The topological polar surface area (TPSA) is 106 Å². The molecular formula is C33H44N6O4S. The second-order valence-corrected chi connectivity index (χ2v) is 14.2. The number of carbonyl (C=O) groups is 3. The van der Waals surface area contributed by atoms with E-state index in [-0.39, 0.29) is 23.4 Å². The summed E-state index contributed by atoms with van der Waals surface area (Å²) in [5, 5.41) is 9.85. The Hall–Kier alpha value is -3.67. The molecule has 3 N–H and O–H groups in total. The summed E-state index contributed by atoms with van der Waals surface area (Å²) in [6.07, 6.45) is 6.43. The van der Waals surface area contributed by atoms with Gasteiger partial charge >= 0.3 is 6.03 Å². The molecule has 0 bridgehead atoms. The number of aryl methyl sites for hydroxylation is 1. The number of nitrogens with zero attached hydrogens (tertiary/aromatic N) is 3. The number of likely N-dealkylation sites (N-methyl/N-ethyl adjacent to an activating group) is 1. The Morgan fingerprint density at radius 2 is 1.80 bits per heavy atom. The van der Waals surface area contributed by atoms with Crippen LogP contribution in [-0.4, -0.2) is 90.7 Å². The predicted octanol–water partition coefficient (Wildman–Crippen LogP) is 4.85. The molecule has 2 aromatic rings. The third kappa shape index (κ3) is 6.55. The first-order valence-corrected chi connectivity index (χ1v) is 15.9. The maximum Gasteiger partial charge on any atom is 0.324 e. The van der Waals surface area contributed by atoms with Crippen LogP contribution in [0.2, 0.25) is 0 Å². The van der Waals surface area contributed by atoms with Crippen molar-refractivity contribution in [2.75, 3.05) is 57.1 Å². The van der Waals surface area contributed by atoms with Crippen molar-refractivity contribution < 1.29 is 19.1 Å². The van der Waals surface area contributed by atoms with Crippen molar-refractivity contribution >= 4 is 45.4 Å². The summed E-state index contributed by atoms with van der Waals surface area (Å²) in [6.45, 7) is 15.9. The smallest absolute Gasteiger partial charge is 0.324 e. The Balaban J connectivity index is 1.33.